The van der Waals surface area contributed by atoms with Crippen LogP contribution in [0.15, 0.2) is 51.2 Å². The number of aromatic hydroxyl groups is 2. The molecule has 13 nitrogen and oxygen atoms in total. The zero-order chi connectivity index (χ0) is 32.5. The molecular weight excluding hydrogens is 576 g/mol. The maximum Gasteiger partial charge on any atom is 0.364 e. The van der Waals surface area contributed by atoms with Gasteiger partial charge in [-0.15, -0.1) is 0 Å². The number of phenolic OH excluding ortho intramolecular Hbond substituents is 1. The first-order chi connectivity index (χ1) is 20.6. The Morgan fingerprint density at radius 3 is 2.55 bits per heavy atom. The van der Waals surface area contributed by atoms with Crippen LogP contribution in [0.2, 0.25) is 0 Å². The lowest BCUT2D eigenvalue weighted by Gasteiger charge is -2.48. The average molecular weight is 615 g/mol. The Hall–Kier alpha value is -3.98. The second-order valence-electron chi connectivity index (χ2n) is 11.3. The van der Waals surface area contributed by atoms with E-state index in [1.807, 2.05) is 19.9 Å². The van der Waals surface area contributed by atoms with Gasteiger partial charge < -0.3 is 49.1 Å². The fraction of sp³-hybridized carbons (Fsp3) is 0.419. The number of hydrogen-bond donors (Lipinski definition) is 6. The Labute approximate surface area is 253 Å². The first-order valence-electron chi connectivity index (χ1n) is 13.8. The van der Waals surface area contributed by atoms with Gasteiger partial charge >= 0.3 is 5.63 Å². The minimum Gasteiger partial charge on any atom is -0.508 e. The maximum absolute atomic E-state index is 13.0. The second kappa shape index (κ2) is 12.9. The van der Waals surface area contributed by atoms with Gasteiger partial charge in [-0.25, -0.2) is 4.79 Å². The van der Waals surface area contributed by atoms with E-state index in [0.29, 0.717) is 12.0 Å². The van der Waals surface area contributed by atoms with Crippen molar-refractivity contribution >= 4 is 22.6 Å². The molecule has 1 fully saturated rings. The van der Waals surface area contributed by atoms with Gasteiger partial charge in [0.05, 0.1) is 11.0 Å². The van der Waals surface area contributed by atoms with Crippen molar-refractivity contribution in [2.75, 3.05) is 12.4 Å². The number of allylic oxidation sites excluding steroid dienone is 2. The Morgan fingerprint density at radius 1 is 1.20 bits per heavy atom. The molecule has 5 atom stereocenters. The zero-order valence-corrected chi connectivity index (χ0v) is 25.3. The molecule has 7 N–H and O–H groups in total. The summed E-state index contributed by atoms with van der Waals surface area (Å²) in [6.07, 6.45) is -4.12. The summed E-state index contributed by atoms with van der Waals surface area (Å²) >= 11 is 0. The molecule has 0 saturated carbocycles. The van der Waals surface area contributed by atoms with E-state index >= 15 is 0 Å². The number of fused-ring (bicyclic) bond motifs is 1. The van der Waals surface area contributed by atoms with Crippen LogP contribution in [0.4, 0.5) is 5.69 Å². The zero-order valence-electron chi connectivity index (χ0n) is 25.3. The van der Waals surface area contributed by atoms with E-state index in [1.54, 1.807) is 20.8 Å². The molecule has 4 rings (SSSR count). The minimum atomic E-state index is -1.70. The van der Waals surface area contributed by atoms with Crippen LogP contribution in [0.5, 0.6) is 17.2 Å². The molecule has 0 aliphatic carbocycles. The highest BCUT2D eigenvalue weighted by Crippen LogP contribution is 2.38. The SMILES string of the molecule is COC1[C@H](OC(N)O)C(O)[C@H](Oc2ccc3c(O)c(NC(=O)c4ccc(O)c(CC=C(C)C)c4)c(=O)oc3c2C)OC1(C)C. The third-order valence-electron chi connectivity index (χ3n) is 7.37. The summed E-state index contributed by atoms with van der Waals surface area (Å²) in [5.41, 5.74) is 4.84. The molecule has 2 heterocycles. The lowest BCUT2D eigenvalue weighted by molar-refractivity contribution is -0.329. The maximum atomic E-state index is 13.0. The molecule has 0 spiro atoms. The molecule has 1 aromatic heterocycles. The van der Waals surface area contributed by atoms with Gasteiger partial charge in [0.2, 0.25) is 12.7 Å². The number of benzene rings is 2. The van der Waals surface area contributed by atoms with Gasteiger partial charge in [0.25, 0.3) is 5.91 Å². The van der Waals surface area contributed by atoms with E-state index in [-0.39, 0.29) is 33.6 Å². The van der Waals surface area contributed by atoms with Crippen molar-refractivity contribution in [2.24, 2.45) is 5.73 Å². The third kappa shape index (κ3) is 6.73. The van der Waals surface area contributed by atoms with Crippen LogP contribution in [-0.4, -0.2) is 70.1 Å². The van der Waals surface area contributed by atoms with Gasteiger partial charge in [0, 0.05) is 18.2 Å². The van der Waals surface area contributed by atoms with Crippen molar-refractivity contribution in [3.05, 3.63) is 69.1 Å². The number of aliphatic hydroxyl groups excluding tert-OH is 2. The van der Waals surface area contributed by atoms with Crippen LogP contribution in [0, 0.1) is 6.92 Å². The molecule has 1 aliphatic rings. The van der Waals surface area contributed by atoms with E-state index in [2.05, 4.69) is 5.32 Å². The number of aliphatic hydroxyl groups is 2. The largest absolute Gasteiger partial charge is 0.508 e. The highest BCUT2D eigenvalue weighted by atomic mass is 16.7. The molecule has 3 unspecified atom stereocenters. The molecule has 2 aromatic carbocycles. The number of carbonyl (C=O) groups excluding carboxylic acids is 1. The number of anilines is 1. The summed E-state index contributed by atoms with van der Waals surface area (Å²) in [6.45, 7) is 8.77. The topological polar surface area (TPSA) is 203 Å². The number of ether oxygens (including phenoxy) is 4. The summed E-state index contributed by atoms with van der Waals surface area (Å²) in [5.74, 6) is -1.05. The van der Waals surface area contributed by atoms with Crippen LogP contribution in [-0.2, 0) is 20.6 Å². The molecular formula is C31H38N2O11. The predicted molar refractivity (Wildman–Crippen MR) is 160 cm³/mol. The van der Waals surface area contributed by atoms with Crippen LogP contribution in [0.25, 0.3) is 11.0 Å². The summed E-state index contributed by atoms with van der Waals surface area (Å²) in [7, 11) is 1.40. The standard InChI is InChI=1S/C31H38N2O11/c1-14(2)7-8-16-13-17(9-11-19(16)34)27(37)33-21-22(35)18-10-12-20(15(3)24(18)42-28(21)38)41-29-23(36)25(43-30(32)39)26(40-6)31(4,5)44-29/h7,9-13,23,25-26,29-30,34-36,39H,8,32H2,1-6H3,(H,33,37)/t23?,25-,26?,29-,30?/m1/s1. The summed E-state index contributed by atoms with van der Waals surface area (Å²) in [5, 5.41) is 44.3. The molecule has 1 amide bonds. The van der Waals surface area contributed by atoms with Crippen LogP contribution < -0.4 is 21.4 Å². The monoisotopic (exact) mass is 614 g/mol. The Balaban J connectivity index is 1.62. The number of methoxy groups -OCH3 is 1. The van der Waals surface area contributed by atoms with E-state index in [4.69, 9.17) is 29.1 Å². The van der Waals surface area contributed by atoms with Crippen molar-refractivity contribution in [3.63, 3.8) is 0 Å². The Morgan fingerprint density at radius 2 is 1.91 bits per heavy atom. The fourth-order valence-electron chi connectivity index (χ4n) is 5.11. The predicted octanol–water partition coefficient (Wildman–Crippen LogP) is 2.78. The molecule has 44 heavy (non-hydrogen) atoms. The van der Waals surface area contributed by atoms with Crippen molar-refractivity contribution in [3.8, 4) is 17.2 Å². The number of phenols is 1. The molecule has 238 valence electrons. The Bertz CT molecular complexity index is 1630. The third-order valence-corrected chi connectivity index (χ3v) is 7.37. The van der Waals surface area contributed by atoms with Crippen molar-refractivity contribution in [1.29, 1.82) is 0 Å². The quantitative estimate of drug-likeness (QED) is 0.117. The first-order valence-corrected chi connectivity index (χ1v) is 13.8. The summed E-state index contributed by atoms with van der Waals surface area (Å²) < 4.78 is 28.2. The molecule has 3 aromatic rings. The number of carbonyl (C=O) groups is 1. The average Bonchev–Trinajstić information content (AvgIpc) is 2.94. The summed E-state index contributed by atoms with van der Waals surface area (Å²) in [4.78, 5) is 26.0. The van der Waals surface area contributed by atoms with E-state index < -0.39 is 59.6 Å². The van der Waals surface area contributed by atoms with E-state index in [0.717, 1.165) is 5.57 Å². The number of nitrogens with two attached hydrogens (primary N) is 1. The number of hydrogen-bond acceptors (Lipinski definition) is 12. The van der Waals surface area contributed by atoms with Gasteiger partial charge in [-0.05, 0) is 76.9 Å². The minimum absolute atomic E-state index is 0.0221. The fourth-order valence-corrected chi connectivity index (χ4v) is 5.11. The van der Waals surface area contributed by atoms with Crippen molar-refractivity contribution in [1.82, 2.24) is 0 Å². The van der Waals surface area contributed by atoms with Crippen molar-refractivity contribution < 1.29 is 48.6 Å². The molecule has 1 aliphatic heterocycles. The molecule has 13 heteroatoms. The normalized spacial score (nSPS) is 21.9. The van der Waals surface area contributed by atoms with Crippen LogP contribution in [0.3, 0.4) is 0 Å². The molecule has 0 bridgehead atoms. The summed E-state index contributed by atoms with van der Waals surface area (Å²) in [6, 6.07) is 7.16. The van der Waals surface area contributed by atoms with Gasteiger partial charge in [-0.1, -0.05) is 11.6 Å². The highest BCUT2D eigenvalue weighted by molar-refractivity contribution is 6.06. The first kappa shape index (κ1) is 32.9. The van der Waals surface area contributed by atoms with Gasteiger partial charge in [0.1, 0.15) is 35.4 Å². The van der Waals surface area contributed by atoms with Gasteiger partial charge in [-0.3, -0.25) is 10.5 Å². The van der Waals surface area contributed by atoms with Crippen molar-refractivity contribution in [2.45, 2.75) is 77.7 Å². The second-order valence-corrected chi connectivity index (χ2v) is 11.3. The van der Waals surface area contributed by atoms with E-state index in [9.17, 15) is 30.0 Å². The number of amides is 1. The Kier molecular flexibility index (Phi) is 9.68. The van der Waals surface area contributed by atoms with Gasteiger partial charge in [-0.2, -0.15) is 0 Å². The number of aryl methyl sites for hydroxylation is 1. The highest BCUT2D eigenvalue weighted by Gasteiger charge is 2.52. The van der Waals surface area contributed by atoms with Crippen LogP contribution >= 0.6 is 0 Å². The lowest BCUT2D eigenvalue weighted by Crippen LogP contribution is -2.65. The molecule has 1 saturated heterocycles. The van der Waals surface area contributed by atoms with Gasteiger partial charge in [0.15, 0.2) is 11.4 Å². The molecule has 0 radical (unpaired) electrons. The van der Waals surface area contributed by atoms with E-state index in [1.165, 1.54) is 37.4 Å². The number of nitrogens with one attached hydrogen (secondary N) is 1. The lowest BCUT2D eigenvalue weighted by atomic mass is 9.89. The smallest absolute Gasteiger partial charge is 0.364 e. The van der Waals surface area contributed by atoms with Crippen LogP contribution in [0.1, 0.15) is 49.2 Å². The number of rotatable bonds is 9.